The van der Waals surface area contributed by atoms with Gasteiger partial charge >= 0.3 is 0 Å². The van der Waals surface area contributed by atoms with E-state index >= 15 is 0 Å². The number of hydrogen-bond donors (Lipinski definition) is 2. The highest BCUT2D eigenvalue weighted by Gasteiger charge is 2.07. The minimum absolute atomic E-state index is 0.399. The van der Waals surface area contributed by atoms with Gasteiger partial charge in [-0.3, -0.25) is 0 Å². The molecule has 0 amide bonds. The third-order valence-electron chi connectivity index (χ3n) is 3.38. The summed E-state index contributed by atoms with van der Waals surface area (Å²) in [6.07, 6.45) is 1.78. The SMILES string of the molecule is Cc1cccc(C)c1NCC(O)COCCCC(C)C. The van der Waals surface area contributed by atoms with Crippen molar-refractivity contribution in [3.8, 4) is 0 Å². The van der Waals surface area contributed by atoms with E-state index in [-0.39, 0.29) is 0 Å². The number of hydrogen-bond acceptors (Lipinski definition) is 3. The molecule has 0 aromatic heterocycles. The lowest BCUT2D eigenvalue weighted by atomic mass is 10.1. The molecule has 114 valence electrons. The van der Waals surface area contributed by atoms with Crippen molar-refractivity contribution in [3.63, 3.8) is 0 Å². The second-order valence-corrected chi connectivity index (χ2v) is 5.91. The maximum Gasteiger partial charge on any atom is 0.0945 e. The fourth-order valence-electron chi connectivity index (χ4n) is 2.19. The van der Waals surface area contributed by atoms with Crippen LogP contribution in [-0.4, -0.2) is 31.0 Å². The van der Waals surface area contributed by atoms with Crippen LogP contribution >= 0.6 is 0 Å². The zero-order valence-electron chi connectivity index (χ0n) is 13.3. The van der Waals surface area contributed by atoms with Crippen LogP contribution in [0.2, 0.25) is 0 Å². The lowest BCUT2D eigenvalue weighted by Crippen LogP contribution is -2.25. The van der Waals surface area contributed by atoms with Crippen LogP contribution in [0.15, 0.2) is 18.2 Å². The summed E-state index contributed by atoms with van der Waals surface area (Å²) >= 11 is 0. The molecule has 0 radical (unpaired) electrons. The van der Waals surface area contributed by atoms with Gasteiger partial charge in [0.15, 0.2) is 0 Å². The van der Waals surface area contributed by atoms with Gasteiger partial charge in [-0.1, -0.05) is 32.0 Å². The maximum absolute atomic E-state index is 9.91. The molecule has 0 saturated carbocycles. The summed E-state index contributed by atoms with van der Waals surface area (Å²) in [5.41, 5.74) is 3.52. The lowest BCUT2D eigenvalue weighted by molar-refractivity contribution is 0.0409. The summed E-state index contributed by atoms with van der Waals surface area (Å²) in [5.74, 6) is 0.717. The van der Waals surface area contributed by atoms with E-state index in [0.717, 1.165) is 18.7 Å². The van der Waals surface area contributed by atoms with Crippen molar-refractivity contribution >= 4 is 5.69 Å². The van der Waals surface area contributed by atoms with Gasteiger partial charge < -0.3 is 15.2 Å². The van der Waals surface area contributed by atoms with Crippen molar-refractivity contribution in [2.75, 3.05) is 25.1 Å². The number of aliphatic hydroxyl groups excluding tert-OH is 1. The topological polar surface area (TPSA) is 41.5 Å². The van der Waals surface area contributed by atoms with Crippen LogP contribution < -0.4 is 5.32 Å². The summed E-state index contributed by atoms with van der Waals surface area (Å²) < 4.78 is 5.50. The van der Waals surface area contributed by atoms with Crippen molar-refractivity contribution < 1.29 is 9.84 Å². The number of aliphatic hydroxyl groups is 1. The molecule has 1 aromatic rings. The number of para-hydroxylation sites is 1. The predicted molar refractivity (Wildman–Crippen MR) is 85.3 cm³/mol. The molecule has 3 nitrogen and oxygen atoms in total. The molecular weight excluding hydrogens is 250 g/mol. The van der Waals surface area contributed by atoms with Crippen LogP contribution in [0.4, 0.5) is 5.69 Å². The molecular formula is C17H29NO2. The highest BCUT2D eigenvalue weighted by atomic mass is 16.5. The van der Waals surface area contributed by atoms with E-state index in [0.29, 0.717) is 19.1 Å². The molecule has 0 heterocycles. The van der Waals surface area contributed by atoms with E-state index in [1.165, 1.54) is 17.5 Å². The third kappa shape index (κ3) is 6.40. The van der Waals surface area contributed by atoms with Gasteiger partial charge in [0.2, 0.25) is 0 Å². The fraction of sp³-hybridized carbons (Fsp3) is 0.647. The Morgan fingerprint density at radius 1 is 1.20 bits per heavy atom. The van der Waals surface area contributed by atoms with Gasteiger partial charge in [-0.15, -0.1) is 0 Å². The molecule has 20 heavy (non-hydrogen) atoms. The van der Waals surface area contributed by atoms with E-state index in [4.69, 9.17) is 4.74 Å². The number of anilines is 1. The Morgan fingerprint density at radius 2 is 1.85 bits per heavy atom. The smallest absolute Gasteiger partial charge is 0.0945 e. The third-order valence-corrected chi connectivity index (χ3v) is 3.38. The molecule has 2 N–H and O–H groups in total. The normalized spacial score (nSPS) is 12.7. The number of benzene rings is 1. The van der Waals surface area contributed by atoms with E-state index in [2.05, 4.69) is 45.1 Å². The number of aryl methyl sites for hydroxylation is 2. The number of rotatable bonds is 9. The summed E-state index contributed by atoms with van der Waals surface area (Å²) in [4.78, 5) is 0. The molecule has 0 fully saturated rings. The van der Waals surface area contributed by atoms with Crippen LogP contribution in [0.5, 0.6) is 0 Å². The summed E-state index contributed by atoms with van der Waals surface area (Å²) in [6.45, 7) is 10.2. The molecule has 1 aromatic carbocycles. The second-order valence-electron chi connectivity index (χ2n) is 5.91. The van der Waals surface area contributed by atoms with E-state index < -0.39 is 6.10 Å². The molecule has 0 bridgehead atoms. The van der Waals surface area contributed by atoms with Crippen molar-refractivity contribution in [2.24, 2.45) is 5.92 Å². The molecule has 0 aliphatic heterocycles. The van der Waals surface area contributed by atoms with Crippen molar-refractivity contribution in [2.45, 2.75) is 46.6 Å². The number of ether oxygens (including phenoxy) is 1. The molecule has 0 aliphatic rings. The molecule has 1 unspecified atom stereocenters. The summed E-state index contributed by atoms with van der Waals surface area (Å²) in [7, 11) is 0. The average molecular weight is 279 g/mol. The minimum atomic E-state index is -0.465. The highest BCUT2D eigenvalue weighted by molar-refractivity contribution is 5.56. The van der Waals surface area contributed by atoms with Crippen LogP contribution in [-0.2, 0) is 4.74 Å². The van der Waals surface area contributed by atoms with Crippen molar-refractivity contribution in [1.29, 1.82) is 0 Å². The Labute approximate surface area is 123 Å². The standard InChI is InChI=1S/C17H29NO2/c1-13(2)7-6-10-20-12-16(19)11-18-17-14(3)8-5-9-15(17)4/h5,8-9,13,16,18-19H,6-7,10-12H2,1-4H3. The first-order valence-electron chi connectivity index (χ1n) is 7.56. The summed E-state index contributed by atoms with van der Waals surface area (Å²) in [5, 5.41) is 13.2. The molecule has 0 saturated heterocycles. The Kier molecular flexibility index (Phi) is 7.63. The molecule has 0 aliphatic carbocycles. The first-order chi connectivity index (χ1) is 9.50. The Balaban J connectivity index is 2.21. The minimum Gasteiger partial charge on any atom is -0.389 e. The first kappa shape index (κ1) is 17.0. The summed E-state index contributed by atoms with van der Waals surface area (Å²) in [6, 6.07) is 6.19. The lowest BCUT2D eigenvalue weighted by Gasteiger charge is -2.16. The van der Waals surface area contributed by atoms with Gasteiger partial charge in [-0.05, 0) is 43.7 Å². The van der Waals surface area contributed by atoms with Crippen LogP contribution in [0.1, 0.15) is 37.8 Å². The monoisotopic (exact) mass is 279 g/mol. The molecule has 1 atom stereocenters. The van der Waals surface area contributed by atoms with Crippen molar-refractivity contribution in [1.82, 2.24) is 0 Å². The predicted octanol–water partition coefficient (Wildman–Crippen LogP) is 3.53. The molecule has 3 heteroatoms. The van der Waals surface area contributed by atoms with Gasteiger partial charge in [0, 0.05) is 18.8 Å². The Hall–Kier alpha value is -1.06. The van der Waals surface area contributed by atoms with Gasteiger partial charge in [0.1, 0.15) is 0 Å². The first-order valence-corrected chi connectivity index (χ1v) is 7.56. The zero-order valence-corrected chi connectivity index (χ0v) is 13.3. The second kappa shape index (κ2) is 8.98. The molecule has 1 rings (SSSR count). The van der Waals surface area contributed by atoms with E-state index in [1.54, 1.807) is 0 Å². The van der Waals surface area contributed by atoms with E-state index in [1.807, 2.05) is 6.07 Å². The number of nitrogens with one attached hydrogen (secondary N) is 1. The van der Waals surface area contributed by atoms with Gasteiger partial charge in [-0.25, -0.2) is 0 Å². The highest BCUT2D eigenvalue weighted by Crippen LogP contribution is 2.19. The Morgan fingerprint density at radius 3 is 2.45 bits per heavy atom. The largest absolute Gasteiger partial charge is 0.389 e. The van der Waals surface area contributed by atoms with Crippen molar-refractivity contribution in [3.05, 3.63) is 29.3 Å². The molecule has 0 spiro atoms. The van der Waals surface area contributed by atoms with Gasteiger partial charge in [-0.2, -0.15) is 0 Å². The van der Waals surface area contributed by atoms with Gasteiger partial charge in [0.25, 0.3) is 0 Å². The van der Waals surface area contributed by atoms with Gasteiger partial charge in [0.05, 0.1) is 12.7 Å². The average Bonchev–Trinajstić information content (AvgIpc) is 2.37. The maximum atomic E-state index is 9.91. The quantitative estimate of drug-likeness (QED) is 0.679. The zero-order chi connectivity index (χ0) is 15.0. The van der Waals surface area contributed by atoms with E-state index in [9.17, 15) is 5.11 Å². The van der Waals surface area contributed by atoms with Crippen LogP contribution in [0, 0.1) is 19.8 Å². The Bertz CT molecular complexity index is 370. The fourth-order valence-corrected chi connectivity index (χ4v) is 2.19. The van der Waals surface area contributed by atoms with Crippen LogP contribution in [0.3, 0.4) is 0 Å². The van der Waals surface area contributed by atoms with Crippen LogP contribution in [0.25, 0.3) is 0 Å².